The van der Waals surface area contributed by atoms with E-state index in [2.05, 4.69) is 0 Å². The summed E-state index contributed by atoms with van der Waals surface area (Å²) >= 11 is 0. The van der Waals surface area contributed by atoms with E-state index >= 15 is 0 Å². The predicted octanol–water partition coefficient (Wildman–Crippen LogP) is 0.966. The molecule has 0 bridgehead atoms. The second-order valence-electron chi connectivity index (χ2n) is 4.21. The lowest BCUT2D eigenvalue weighted by Gasteiger charge is -2.27. The number of ether oxygens (including phenoxy) is 1. The average Bonchev–Trinajstić information content (AvgIpc) is 2.30. The molecule has 1 N–H and O–H groups in total. The van der Waals surface area contributed by atoms with Gasteiger partial charge < -0.3 is 10.1 Å². The fourth-order valence-electron chi connectivity index (χ4n) is 1.88. The Labute approximate surface area is 107 Å². The van der Waals surface area contributed by atoms with Crippen LogP contribution in [-0.4, -0.2) is 36.5 Å². The zero-order valence-electron chi connectivity index (χ0n) is 10.3. The molecular formula is C11H14F3NO4. The van der Waals surface area contributed by atoms with E-state index in [0.717, 1.165) is 0 Å². The topological polar surface area (TPSA) is 72.5 Å². The van der Waals surface area contributed by atoms with Crippen molar-refractivity contribution in [2.24, 2.45) is 5.92 Å². The highest BCUT2D eigenvalue weighted by molar-refractivity contribution is 5.92. The van der Waals surface area contributed by atoms with Gasteiger partial charge in [0.1, 0.15) is 0 Å². The van der Waals surface area contributed by atoms with Crippen LogP contribution in [0.3, 0.4) is 0 Å². The first kappa shape index (κ1) is 15.5. The maximum absolute atomic E-state index is 12.1. The molecule has 0 aromatic carbocycles. The molecule has 0 spiro atoms. The fraction of sp³-hybridized carbons (Fsp3) is 0.727. The molecule has 1 aliphatic rings. The number of amides is 1. The Morgan fingerprint density at radius 1 is 1.42 bits per heavy atom. The van der Waals surface area contributed by atoms with Crippen molar-refractivity contribution >= 4 is 17.7 Å². The van der Waals surface area contributed by atoms with Gasteiger partial charge in [0, 0.05) is 6.42 Å². The molecule has 5 nitrogen and oxygen atoms in total. The molecule has 0 heterocycles. The zero-order valence-corrected chi connectivity index (χ0v) is 10.3. The Bertz CT molecular complexity index is 381. The van der Waals surface area contributed by atoms with Gasteiger partial charge in [-0.25, -0.2) is 0 Å². The lowest BCUT2D eigenvalue weighted by Crippen LogP contribution is -2.50. The second kappa shape index (κ2) is 6.03. The summed E-state index contributed by atoms with van der Waals surface area (Å²) < 4.78 is 41.0. The third-order valence-electron chi connectivity index (χ3n) is 2.83. The summed E-state index contributed by atoms with van der Waals surface area (Å²) in [6.45, 7) is 1.76. The van der Waals surface area contributed by atoms with E-state index in [1.54, 1.807) is 12.2 Å². The molecule has 0 aliphatic heterocycles. The highest BCUT2D eigenvalue weighted by atomic mass is 19.4. The molecule has 0 aromatic heterocycles. The Hall–Kier alpha value is -1.60. The normalized spacial score (nSPS) is 23.9. The van der Waals surface area contributed by atoms with Gasteiger partial charge in [0.05, 0.1) is 18.6 Å². The van der Waals surface area contributed by atoms with E-state index in [0.29, 0.717) is 0 Å². The van der Waals surface area contributed by atoms with Crippen LogP contribution < -0.4 is 5.32 Å². The molecule has 0 aromatic rings. The van der Waals surface area contributed by atoms with Crippen molar-refractivity contribution in [3.05, 3.63) is 0 Å². The minimum Gasteiger partial charge on any atom is -0.466 e. The SMILES string of the molecule is CCOC(=O)C1CCC(=O)C(NC(=O)C(F)(F)F)C1. The molecule has 1 amide bonds. The Morgan fingerprint density at radius 2 is 2.05 bits per heavy atom. The smallest absolute Gasteiger partial charge is 0.466 e. The maximum Gasteiger partial charge on any atom is 0.471 e. The molecule has 108 valence electrons. The summed E-state index contributed by atoms with van der Waals surface area (Å²) in [5, 5.41) is 1.61. The number of carbonyl (C=O) groups is 3. The number of ketones is 1. The van der Waals surface area contributed by atoms with E-state index in [4.69, 9.17) is 4.74 Å². The minimum absolute atomic E-state index is 0.0493. The van der Waals surface area contributed by atoms with E-state index in [1.807, 2.05) is 0 Å². The van der Waals surface area contributed by atoms with Gasteiger partial charge in [-0.15, -0.1) is 0 Å². The molecule has 1 saturated carbocycles. The van der Waals surface area contributed by atoms with E-state index in [-0.39, 0.29) is 25.9 Å². The summed E-state index contributed by atoms with van der Waals surface area (Å²) in [5.74, 6) is -3.88. The number of esters is 1. The van der Waals surface area contributed by atoms with Crippen LogP contribution in [0.25, 0.3) is 0 Å². The maximum atomic E-state index is 12.1. The molecule has 0 radical (unpaired) electrons. The number of hydrogen-bond donors (Lipinski definition) is 1. The molecule has 2 unspecified atom stereocenters. The van der Waals surface area contributed by atoms with Crippen molar-refractivity contribution in [2.45, 2.75) is 38.4 Å². The fourth-order valence-corrected chi connectivity index (χ4v) is 1.88. The Balaban J connectivity index is 2.64. The number of hydrogen-bond acceptors (Lipinski definition) is 4. The van der Waals surface area contributed by atoms with Crippen molar-refractivity contribution in [1.29, 1.82) is 0 Å². The largest absolute Gasteiger partial charge is 0.471 e. The van der Waals surface area contributed by atoms with Crippen LogP contribution in [0.1, 0.15) is 26.2 Å². The minimum atomic E-state index is -5.04. The highest BCUT2D eigenvalue weighted by Crippen LogP contribution is 2.24. The first-order valence-electron chi connectivity index (χ1n) is 5.82. The standard InChI is InChI=1S/C11H14F3NO4/c1-2-19-9(17)6-3-4-8(16)7(5-6)15-10(18)11(12,13)14/h6-7H,2-5H2,1H3,(H,15,18). The third kappa shape index (κ3) is 4.22. The number of alkyl halides is 3. The van der Waals surface area contributed by atoms with Gasteiger partial charge in [-0.1, -0.05) is 0 Å². The molecule has 1 rings (SSSR count). The summed E-state index contributed by atoms with van der Waals surface area (Å²) in [7, 11) is 0. The van der Waals surface area contributed by atoms with Crippen LogP contribution >= 0.6 is 0 Å². The summed E-state index contributed by atoms with van der Waals surface area (Å²) in [6, 6.07) is -1.28. The monoisotopic (exact) mass is 281 g/mol. The van der Waals surface area contributed by atoms with Crippen LogP contribution in [0.5, 0.6) is 0 Å². The molecule has 8 heteroatoms. The molecule has 1 aliphatic carbocycles. The zero-order chi connectivity index (χ0) is 14.6. The van der Waals surface area contributed by atoms with Gasteiger partial charge >= 0.3 is 18.1 Å². The van der Waals surface area contributed by atoms with Crippen molar-refractivity contribution in [3.63, 3.8) is 0 Å². The van der Waals surface area contributed by atoms with Gasteiger partial charge in [0.15, 0.2) is 5.78 Å². The third-order valence-corrected chi connectivity index (χ3v) is 2.83. The molecule has 19 heavy (non-hydrogen) atoms. The number of nitrogens with one attached hydrogen (secondary N) is 1. The van der Waals surface area contributed by atoms with Crippen LogP contribution in [0.15, 0.2) is 0 Å². The number of halogens is 3. The lowest BCUT2D eigenvalue weighted by atomic mass is 9.85. The van der Waals surface area contributed by atoms with E-state index in [9.17, 15) is 27.6 Å². The number of Topliss-reactive ketones (excluding diaryl/α,β-unsaturated/α-hetero) is 1. The number of rotatable bonds is 3. The van der Waals surface area contributed by atoms with Gasteiger partial charge in [0.2, 0.25) is 0 Å². The van der Waals surface area contributed by atoms with Crippen molar-refractivity contribution in [2.75, 3.05) is 6.61 Å². The van der Waals surface area contributed by atoms with Crippen LogP contribution in [0, 0.1) is 5.92 Å². The van der Waals surface area contributed by atoms with Gasteiger partial charge in [-0.2, -0.15) is 13.2 Å². The van der Waals surface area contributed by atoms with Crippen LogP contribution in [0.4, 0.5) is 13.2 Å². The van der Waals surface area contributed by atoms with Gasteiger partial charge in [-0.3, -0.25) is 14.4 Å². The second-order valence-corrected chi connectivity index (χ2v) is 4.21. The quantitative estimate of drug-likeness (QED) is 0.782. The van der Waals surface area contributed by atoms with E-state index < -0.39 is 35.8 Å². The molecule has 0 saturated heterocycles. The highest BCUT2D eigenvalue weighted by Gasteiger charge is 2.42. The van der Waals surface area contributed by atoms with E-state index in [1.165, 1.54) is 0 Å². The number of carbonyl (C=O) groups excluding carboxylic acids is 3. The Morgan fingerprint density at radius 3 is 2.58 bits per heavy atom. The van der Waals surface area contributed by atoms with Gasteiger partial charge in [-0.05, 0) is 19.8 Å². The Kier molecular flexibility index (Phi) is 4.90. The van der Waals surface area contributed by atoms with Crippen molar-refractivity contribution in [1.82, 2.24) is 5.32 Å². The molecular weight excluding hydrogens is 267 g/mol. The molecule has 1 fully saturated rings. The molecule has 2 atom stereocenters. The average molecular weight is 281 g/mol. The first-order chi connectivity index (χ1) is 8.75. The predicted molar refractivity (Wildman–Crippen MR) is 57.0 cm³/mol. The summed E-state index contributed by atoms with van der Waals surface area (Å²) in [4.78, 5) is 33.7. The van der Waals surface area contributed by atoms with Crippen molar-refractivity contribution < 1.29 is 32.3 Å². The van der Waals surface area contributed by atoms with Crippen LogP contribution in [0.2, 0.25) is 0 Å². The summed E-state index contributed by atoms with van der Waals surface area (Å²) in [6.07, 6.45) is -5.01. The van der Waals surface area contributed by atoms with Crippen molar-refractivity contribution in [3.8, 4) is 0 Å². The lowest BCUT2D eigenvalue weighted by molar-refractivity contribution is -0.175. The summed E-state index contributed by atoms with van der Waals surface area (Å²) in [5.41, 5.74) is 0. The van der Waals surface area contributed by atoms with Gasteiger partial charge in [0.25, 0.3) is 0 Å². The first-order valence-corrected chi connectivity index (χ1v) is 5.82. The van der Waals surface area contributed by atoms with Crippen LogP contribution in [-0.2, 0) is 19.1 Å².